The fraction of sp³-hybridized carbons (Fsp3) is 0.273. The van der Waals surface area contributed by atoms with Gasteiger partial charge >= 0.3 is 0 Å². The number of nitrogen functional groups attached to an aromatic ring is 1. The van der Waals surface area contributed by atoms with Crippen LogP contribution < -0.4 is 16.0 Å². The van der Waals surface area contributed by atoms with Crippen molar-refractivity contribution in [2.75, 3.05) is 49.2 Å². The Hall–Kier alpha value is -2.77. The predicted octanol–water partition coefficient (Wildman–Crippen LogP) is 4.01. The lowest BCUT2D eigenvalue weighted by Gasteiger charge is -2.34. The van der Waals surface area contributed by atoms with Gasteiger partial charge in [-0.1, -0.05) is 17.8 Å². The molecule has 1 aliphatic heterocycles. The van der Waals surface area contributed by atoms with Crippen LogP contribution in [-0.2, 0) is 0 Å². The number of benzene rings is 2. The lowest BCUT2D eigenvalue weighted by atomic mass is 10.2. The summed E-state index contributed by atoms with van der Waals surface area (Å²) in [6.45, 7) is 6.29. The van der Waals surface area contributed by atoms with Gasteiger partial charge in [-0.3, -0.25) is 0 Å². The zero-order chi connectivity index (χ0) is 20.2. The first-order valence-electron chi connectivity index (χ1n) is 9.74. The molecule has 3 N–H and O–H groups in total. The van der Waals surface area contributed by atoms with Crippen LogP contribution in [0.3, 0.4) is 0 Å². The van der Waals surface area contributed by atoms with Crippen molar-refractivity contribution < 1.29 is 0 Å². The Morgan fingerprint density at radius 1 is 1.03 bits per heavy atom. The Labute approximate surface area is 176 Å². The van der Waals surface area contributed by atoms with Gasteiger partial charge in [0.1, 0.15) is 5.03 Å². The molecule has 0 bridgehead atoms. The molecular weight excluding hydrogens is 380 g/mol. The highest BCUT2D eigenvalue weighted by Gasteiger charge is 2.14. The minimum Gasteiger partial charge on any atom is -0.399 e. The van der Waals surface area contributed by atoms with Gasteiger partial charge < -0.3 is 20.9 Å². The third-order valence-electron chi connectivity index (χ3n) is 4.99. The molecule has 1 aliphatic rings. The Balaban J connectivity index is 1.49. The average Bonchev–Trinajstić information content (AvgIpc) is 2.73. The maximum atomic E-state index is 5.78. The van der Waals surface area contributed by atoms with Crippen LogP contribution in [0.25, 0.3) is 0 Å². The Kier molecular flexibility index (Phi) is 5.87. The highest BCUT2D eigenvalue weighted by atomic mass is 32.2. The third kappa shape index (κ3) is 4.99. The molecule has 0 saturated carbocycles. The van der Waals surface area contributed by atoms with E-state index < -0.39 is 0 Å². The monoisotopic (exact) mass is 406 g/mol. The van der Waals surface area contributed by atoms with Gasteiger partial charge in [0.25, 0.3) is 0 Å². The van der Waals surface area contributed by atoms with E-state index in [1.165, 1.54) is 5.69 Å². The summed E-state index contributed by atoms with van der Waals surface area (Å²) in [5, 5.41) is 4.29. The van der Waals surface area contributed by atoms with Crippen molar-refractivity contribution in [3.05, 3.63) is 60.3 Å². The van der Waals surface area contributed by atoms with E-state index in [9.17, 15) is 0 Å². The zero-order valence-electron chi connectivity index (χ0n) is 16.8. The number of hydrogen-bond donors (Lipinski definition) is 2. The number of nitrogens with one attached hydrogen (secondary N) is 1. The van der Waals surface area contributed by atoms with E-state index in [0.29, 0.717) is 5.95 Å². The van der Waals surface area contributed by atoms with Crippen molar-refractivity contribution in [1.82, 2.24) is 14.9 Å². The summed E-state index contributed by atoms with van der Waals surface area (Å²) in [5.41, 5.74) is 9.81. The van der Waals surface area contributed by atoms with Crippen molar-refractivity contribution in [2.45, 2.75) is 16.8 Å². The largest absolute Gasteiger partial charge is 0.399 e. The van der Waals surface area contributed by atoms with Gasteiger partial charge in [0.2, 0.25) is 5.95 Å². The third-order valence-corrected chi connectivity index (χ3v) is 6.11. The zero-order valence-corrected chi connectivity index (χ0v) is 17.6. The van der Waals surface area contributed by atoms with Crippen molar-refractivity contribution in [1.29, 1.82) is 0 Å². The minimum atomic E-state index is 0.601. The number of likely N-dealkylation sites (N-methyl/N-ethyl adjacent to an activating group) is 1. The molecule has 0 amide bonds. The minimum absolute atomic E-state index is 0.601. The number of nitrogens with zero attached hydrogens (tertiary/aromatic N) is 4. The molecule has 150 valence electrons. The quantitative estimate of drug-likeness (QED) is 0.490. The van der Waals surface area contributed by atoms with Gasteiger partial charge in [0, 0.05) is 59.9 Å². The Bertz CT molecular complexity index is 967. The number of aryl methyl sites for hydroxylation is 1. The highest BCUT2D eigenvalue weighted by molar-refractivity contribution is 7.99. The van der Waals surface area contributed by atoms with Crippen LogP contribution in [0.5, 0.6) is 0 Å². The summed E-state index contributed by atoms with van der Waals surface area (Å²) in [7, 11) is 2.17. The fourth-order valence-corrected chi connectivity index (χ4v) is 4.05. The first-order chi connectivity index (χ1) is 14.1. The average molecular weight is 407 g/mol. The molecule has 3 aromatic rings. The summed E-state index contributed by atoms with van der Waals surface area (Å²) in [6, 6.07) is 16.3. The van der Waals surface area contributed by atoms with Crippen molar-refractivity contribution >= 4 is 34.8 Å². The van der Waals surface area contributed by atoms with Crippen molar-refractivity contribution in [3.8, 4) is 0 Å². The van der Waals surface area contributed by atoms with E-state index >= 15 is 0 Å². The van der Waals surface area contributed by atoms with Gasteiger partial charge in [-0.15, -0.1) is 0 Å². The summed E-state index contributed by atoms with van der Waals surface area (Å²) >= 11 is 1.61. The maximum absolute atomic E-state index is 5.78. The van der Waals surface area contributed by atoms with Crippen LogP contribution in [0, 0.1) is 6.92 Å². The highest BCUT2D eigenvalue weighted by Crippen LogP contribution is 2.30. The Morgan fingerprint density at radius 2 is 1.79 bits per heavy atom. The van der Waals surface area contributed by atoms with Gasteiger partial charge in [-0.2, -0.15) is 0 Å². The molecule has 0 radical (unpaired) electrons. The van der Waals surface area contributed by atoms with E-state index in [-0.39, 0.29) is 0 Å². The van der Waals surface area contributed by atoms with Gasteiger partial charge in [-0.05, 0) is 56.4 Å². The van der Waals surface area contributed by atoms with Crippen molar-refractivity contribution in [3.63, 3.8) is 0 Å². The molecule has 4 rings (SSSR count). The van der Waals surface area contributed by atoms with Crippen LogP contribution in [0.2, 0.25) is 0 Å². The number of anilines is 4. The number of aromatic nitrogens is 2. The van der Waals surface area contributed by atoms with E-state index in [1.54, 1.807) is 11.8 Å². The van der Waals surface area contributed by atoms with E-state index in [4.69, 9.17) is 10.7 Å². The molecule has 1 aromatic heterocycles. The fourth-order valence-electron chi connectivity index (χ4n) is 3.21. The molecule has 0 unspecified atom stereocenters. The topological polar surface area (TPSA) is 70.3 Å². The van der Waals surface area contributed by atoms with Crippen LogP contribution in [-0.4, -0.2) is 48.1 Å². The van der Waals surface area contributed by atoms with Crippen LogP contribution in [0.15, 0.2) is 64.6 Å². The standard InChI is InChI=1S/C22H26N6S/c1-16-15-24-22(26-21(16)29-20-8-6-17(23)7-9-20)25-18-4-3-5-19(14-18)28-12-10-27(2)11-13-28/h3-9,14-15H,10-13,23H2,1-2H3,(H,24,25,26). The van der Waals surface area contributed by atoms with Crippen LogP contribution in [0.4, 0.5) is 23.0 Å². The molecule has 0 spiro atoms. The number of rotatable bonds is 5. The second-order valence-electron chi connectivity index (χ2n) is 7.32. The molecule has 6 nitrogen and oxygen atoms in total. The van der Waals surface area contributed by atoms with Crippen LogP contribution >= 0.6 is 11.8 Å². The molecule has 7 heteroatoms. The first kappa shape index (κ1) is 19.5. The molecule has 1 saturated heterocycles. The summed E-state index contributed by atoms with van der Waals surface area (Å²) in [6.07, 6.45) is 1.86. The SMILES string of the molecule is Cc1cnc(Nc2cccc(N3CCN(C)CC3)c2)nc1Sc1ccc(N)cc1. The van der Waals surface area contributed by atoms with Crippen molar-refractivity contribution in [2.24, 2.45) is 0 Å². The smallest absolute Gasteiger partial charge is 0.228 e. The molecular formula is C22H26N6S. The molecule has 2 aromatic carbocycles. The number of nitrogens with two attached hydrogens (primary N) is 1. The summed E-state index contributed by atoms with van der Waals surface area (Å²) in [4.78, 5) is 15.1. The lowest BCUT2D eigenvalue weighted by Crippen LogP contribution is -2.44. The summed E-state index contributed by atoms with van der Waals surface area (Å²) in [5.74, 6) is 0.601. The van der Waals surface area contributed by atoms with Gasteiger partial charge in [0.15, 0.2) is 0 Å². The van der Waals surface area contributed by atoms with E-state index in [0.717, 1.165) is 53.0 Å². The van der Waals surface area contributed by atoms with Gasteiger partial charge in [0.05, 0.1) is 0 Å². The molecule has 1 fully saturated rings. The molecule has 0 aliphatic carbocycles. The summed E-state index contributed by atoms with van der Waals surface area (Å²) < 4.78 is 0. The normalized spacial score (nSPS) is 14.8. The predicted molar refractivity (Wildman–Crippen MR) is 121 cm³/mol. The maximum Gasteiger partial charge on any atom is 0.228 e. The number of piperazine rings is 1. The lowest BCUT2D eigenvalue weighted by molar-refractivity contribution is 0.313. The van der Waals surface area contributed by atoms with E-state index in [2.05, 4.69) is 51.4 Å². The Morgan fingerprint density at radius 3 is 2.55 bits per heavy atom. The van der Waals surface area contributed by atoms with E-state index in [1.807, 2.05) is 37.4 Å². The van der Waals surface area contributed by atoms with Gasteiger partial charge in [-0.25, -0.2) is 9.97 Å². The molecule has 2 heterocycles. The molecule has 29 heavy (non-hydrogen) atoms. The van der Waals surface area contributed by atoms with Crippen LogP contribution in [0.1, 0.15) is 5.56 Å². The first-order valence-corrected chi connectivity index (χ1v) is 10.6. The number of hydrogen-bond acceptors (Lipinski definition) is 7. The molecule has 0 atom stereocenters. The second-order valence-corrected chi connectivity index (χ2v) is 8.38. The second kappa shape index (κ2) is 8.71.